The second-order valence-corrected chi connectivity index (χ2v) is 4.45. The summed E-state index contributed by atoms with van der Waals surface area (Å²) in [6, 6.07) is 4.40. The summed E-state index contributed by atoms with van der Waals surface area (Å²) in [5.41, 5.74) is 0.215. The quantitative estimate of drug-likeness (QED) is 0.645. The summed E-state index contributed by atoms with van der Waals surface area (Å²) in [4.78, 5) is 11.3. The van der Waals surface area contributed by atoms with Gasteiger partial charge in [-0.2, -0.15) is 0 Å². The number of phenols is 1. The third-order valence-corrected chi connectivity index (χ3v) is 2.93. The number of benzene rings is 1. The van der Waals surface area contributed by atoms with Crippen LogP contribution in [0.2, 0.25) is 0 Å². The van der Waals surface area contributed by atoms with E-state index in [0.29, 0.717) is 11.1 Å². The normalized spacial score (nSPS) is 11.7. The van der Waals surface area contributed by atoms with Gasteiger partial charge in [0.05, 0.1) is 13.7 Å². The third-order valence-electron chi connectivity index (χ3n) is 2.93. The van der Waals surface area contributed by atoms with Crippen LogP contribution in [0.3, 0.4) is 0 Å². The fraction of sp³-hybridized carbons (Fsp3) is 0.267. The van der Waals surface area contributed by atoms with Gasteiger partial charge in [-0.05, 0) is 30.7 Å². The fourth-order valence-corrected chi connectivity index (χ4v) is 1.78. The zero-order valence-corrected chi connectivity index (χ0v) is 11.8. The average molecular weight is 292 g/mol. The van der Waals surface area contributed by atoms with Gasteiger partial charge < -0.3 is 24.1 Å². The molecule has 0 saturated heterocycles. The van der Waals surface area contributed by atoms with Crippen molar-refractivity contribution in [2.75, 3.05) is 20.3 Å². The van der Waals surface area contributed by atoms with E-state index in [4.69, 9.17) is 19.0 Å². The molecule has 0 spiro atoms. The molecule has 0 aliphatic carbocycles. The number of hydrogen-bond donors (Lipinski definition) is 2. The first-order chi connectivity index (χ1) is 10.1. The minimum Gasteiger partial charge on any atom is -0.502 e. The Balaban J connectivity index is 2.45. The molecule has 0 saturated carbocycles. The lowest BCUT2D eigenvalue weighted by atomic mass is 10.2. The van der Waals surface area contributed by atoms with Gasteiger partial charge in [0.2, 0.25) is 11.5 Å². The van der Waals surface area contributed by atoms with Gasteiger partial charge in [0, 0.05) is 11.5 Å². The van der Waals surface area contributed by atoms with E-state index in [1.807, 2.05) is 0 Å². The highest BCUT2D eigenvalue weighted by Gasteiger charge is 2.17. The third kappa shape index (κ3) is 3.17. The molecule has 6 nitrogen and oxygen atoms in total. The number of hydrogen-bond acceptors (Lipinski definition) is 6. The average Bonchev–Trinajstić information content (AvgIpc) is 2.49. The molecule has 0 bridgehead atoms. The summed E-state index contributed by atoms with van der Waals surface area (Å²) >= 11 is 0. The van der Waals surface area contributed by atoms with Crippen LogP contribution in [0.1, 0.15) is 6.92 Å². The largest absolute Gasteiger partial charge is 0.502 e. The zero-order valence-electron chi connectivity index (χ0n) is 11.8. The van der Waals surface area contributed by atoms with E-state index in [1.165, 1.54) is 19.2 Å². The van der Waals surface area contributed by atoms with Crippen molar-refractivity contribution in [2.45, 2.75) is 6.92 Å². The van der Waals surface area contributed by atoms with Crippen LogP contribution in [0.25, 0.3) is 11.0 Å². The second kappa shape index (κ2) is 6.32. The minimum atomic E-state index is -0.565. The molecule has 0 atom stereocenters. The number of fused-ring (bicyclic) bond motifs is 1. The van der Waals surface area contributed by atoms with Gasteiger partial charge in [-0.1, -0.05) is 0 Å². The number of aliphatic hydroxyl groups excluding tert-OH is 1. The van der Waals surface area contributed by atoms with Gasteiger partial charge in [0.1, 0.15) is 6.61 Å². The maximum atomic E-state index is 11.3. The SMILES string of the molecule is COc1cc2ccc(=O)oc2c(O)c1OCC=C(C)CO. The van der Waals surface area contributed by atoms with Crippen LogP contribution in [-0.2, 0) is 0 Å². The van der Waals surface area contributed by atoms with Crippen molar-refractivity contribution in [1.82, 2.24) is 0 Å². The Morgan fingerprint density at radius 3 is 2.86 bits per heavy atom. The van der Waals surface area contributed by atoms with Crippen LogP contribution >= 0.6 is 0 Å². The Morgan fingerprint density at radius 2 is 2.19 bits per heavy atom. The van der Waals surface area contributed by atoms with Crippen LogP contribution in [0.5, 0.6) is 17.2 Å². The lowest BCUT2D eigenvalue weighted by molar-refractivity contribution is 0.301. The molecule has 0 fully saturated rings. The number of rotatable bonds is 5. The minimum absolute atomic E-state index is 0.0427. The van der Waals surface area contributed by atoms with Crippen LogP contribution < -0.4 is 15.1 Å². The molecule has 2 aromatic rings. The summed E-state index contributed by atoms with van der Waals surface area (Å²) in [5, 5.41) is 19.6. The molecule has 2 rings (SSSR count). The highest BCUT2D eigenvalue weighted by atomic mass is 16.5. The smallest absolute Gasteiger partial charge is 0.336 e. The number of aromatic hydroxyl groups is 1. The maximum Gasteiger partial charge on any atom is 0.336 e. The molecule has 2 N–H and O–H groups in total. The van der Waals surface area contributed by atoms with Crippen LogP contribution in [0.15, 0.2) is 39.1 Å². The van der Waals surface area contributed by atoms with Crippen LogP contribution in [0.4, 0.5) is 0 Å². The van der Waals surface area contributed by atoms with Gasteiger partial charge >= 0.3 is 5.63 Å². The number of ether oxygens (including phenoxy) is 2. The van der Waals surface area contributed by atoms with Crippen LogP contribution in [0, 0.1) is 0 Å². The molecule has 1 aromatic heterocycles. The molecule has 0 aliphatic heterocycles. The van der Waals surface area contributed by atoms with E-state index < -0.39 is 5.63 Å². The van der Waals surface area contributed by atoms with Gasteiger partial charge in [0.15, 0.2) is 11.3 Å². The van der Waals surface area contributed by atoms with E-state index in [9.17, 15) is 9.90 Å². The van der Waals surface area contributed by atoms with Crippen molar-refractivity contribution in [1.29, 1.82) is 0 Å². The summed E-state index contributed by atoms with van der Waals surface area (Å²) in [5.74, 6) is 0.113. The molecular weight excluding hydrogens is 276 g/mol. The predicted octanol–water partition coefficient (Wildman–Crippen LogP) is 1.82. The summed E-state index contributed by atoms with van der Waals surface area (Å²) in [6.07, 6.45) is 1.67. The van der Waals surface area contributed by atoms with Crippen molar-refractivity contribution in [3.05, 3.63) is 40.3 Å². The molecule has 0 unspecified atom stereocenters. The standard InChI is InChI=1S/C15H16O6/c1-9(8-16)5-6-20-15-11(19-2)7-10-3-4-12(17)21-14(10)13(15)18/h3-5,7,16,18H,6,8H2,1-2H3. The highest BCUT2D eigenvalue weighted by molar-refractivity contribution is 5.87. The Bertz CT molecular complexity index is 729. The van der Waals surface area contributed by atoms with Crippen molar-refractivity contribution in [3.8, 4) is 17.2 Å². The number of methoxy groups -OCH3 is 1. The predicted molar refractivity (Wildman–Crippen MR) is 77.0 cm³/mol. The van der Waals surface area contributed by atoms with Gasteiger partial charge in [-0.3, -0.25) is 0 Å². The molecule has 0 amide bonds. The molecule has 1 aromatic carbocycles. The molecule has 6 heteroatoms. The van der Waals surface area contributed by atoms with E-state index >= 15 is 0 Å². The van der Waals surface area contributed by atoms with Gasteiger partial charge in [-0.25, -0.2) is 4.79 Å². The molecule has 21 heavy (non-hydrogen) atoms. The summed E-state index contributed by atoms with van der Waals surface area (Å²) in [6.45, 7) is 1.82. The lowest BCUT2D eigenvalue weighted by Crippen LogP contribution is -2.01. The van der Waals surface area contributed by atoms with Crippen molar-refractivity contribution in [3.63, 3.8) is 0 Å². The Labute approximate surface area is 120 Å². The highest BCUT2D eigenvalue weighted by Crippen LogP contribution is 2.42. The number of phenolic OH excluding ortho intramolecular Hbond substituents is 1. The van der Waals surface area contributed by atoms with Crippen LogP contribution in [-0.4, -0.2) is 30.5 Å². The first-order valence-electron chi connectivity index (χ1n) is 6.30. The zero-order chi connectivity index (χ0) is 15.4. The van der Waals surface area contributed by atoms with E-state index in [2.05, 4.69) is 0 Å². The molecule has 112 valence electrons. The van der Waals surface area contributed by atoms with Crippen molar-refractivity contribution in [2.24, 2.45) is 0 Å². The van der Waals surface area contributed by atoms with Gasteiger partial charge in [0.25, 0.3) is 0 Å². The Hall–Kier alpha value is -2.47. The first-order valence-corrected chi connectivity index (χ1v) is 6.30. The second-order valence-electron chi connectivity index (χ2n) is 4.45. The maximum absolute atomic E-state index is 11.3. The molecular formula is C15H16O6. The Kier molecular flexibility index (Phi) is 4.49. The van der Waals surface area contributed by atoms with Crippen molar-refractivity contribution < 1.29 is 24.1 Å². The van der Waals surface area contributed by atoms with E-state index in [1.54, 1.807) is 19.1 Å². The van der Waals surface area contributed by atoms with E-state index in [-0.39, 0.29) is 30.3 Å². The monoisotopic (exact) mass is 292 g/mol. The topological polar surface area (TPSA) is 89.1 Å². The Morgan fingerprint density at radius 1 is 1.43 bits per heavy atom. The molecule has 0 aliphatic rings. The summed E-state index contributed by atoms with van der Waals surface area (Å²) in [7, 11) is 1.45. The van der Waals surface area contributed by atoms with Gasteiger partial charge in [-0.15, -0.1) is 0 Å². The number of aliphatic hydroxyl groups is 1. The lowest BCUT2D eigenvalue weighted by Gasteiger charge is -2.12. The molecule has 1 heterocycles. The first kappa shape index (κ1) is 14.9. The van der Waals surface area contributed by atoms with Crippen molar-refractivity contribution >= 4 is 11.0 Å². The van der Waals surface area contributed by atoms with E-state index in [0.717, 1.165) is 5.57 Å². The summed E-state index contributed by atoms with van der Waals surface area (Å²) < 4.78 is 15.6. The fourth-order valence-electron chi connectivity index (χ4n) is 1.78. The molecule has 0 radical (unpaired) electrons.